The van der Waals surface area contributed by atoms with Gasteiger partial charge in [-0.2, -0.15) is 0 Å². The van der Waals surface area contributed by atoms with Gasteiger partial charge in [0.2, 0.25) is 0 Å². The lowest BCUT2D eigenvalue weighted by Gasteiger charge is -2.17. The largest absolute Gasteiger partial charge is 0.383 e. The number of halogens is 1. The van der Waals surface area contributed by atoms with Gasteiger partial charge in [0.1, 0.15) is 0 Å². The van der Waals surface area contributed by atoms with Gasteiger partial charge in [-0.1, -0.05) is 25.5 Å². The lowest BCUT2D eigenvalue weighted by Crippen LogP contribution is -2.38. The van der Waals surface area contributed by atoms with Gasteiger partial charge < -0.3 is 10.1 Å². The Morgan fingerprint density at radius 2 is 2.18 bits per heavy atom. The molecule has 0 radical (unpaired) electrons. The maximum absolute atomic E-state index is 12.0. The molecule has 1 unspecified atom stereocenters. The highest BCUT2D eigenvalue weighted by atomic mass is 79.9. The summed E-state index contributed by atoms with van der Waals surface area (Å²) >= 11 is 3.37. The van der Waals surface area contributed by atoms with E-state index in [1.807, 2.05) is 18.2 Å². The number of rotatable bonds is 6. The molecule has 0 aliphatic heterocycles. The number of hydrogen-bond donors (Lipinski definition) is 1. The van der Waals surface area contributed by atoms with Crippen molar-refractivity contribution >= 4 is 21.8 Å². The minimum atomic E-state index is -0.0621. The van der Waals surface area contributed by atoms with Crippen molar-refractivity contribution in [3.63, 3.8) is 0 Å². The van der Waals surface area contributed by atoms with Crippen LogP contribution in [0.3, 0.4) is 0 Å². The van der Waals surface area contributed by atoms with E-state index in [0.29, 0.717) is 12.2 Å². The molecule has 17 heavy (non-hydrogen) atoms. The van der Waals surface area contributed by atoms with E-state index in [4.69, 9.17) is 4.74 Å². The molecular weight excluding hydrogens is 282 g/mol. The Balaban J connectivity index is 2.67. The molecule has 1 amide bonds. The monoisotopic (exact) mass is 299 g/mol. The summed E-state index contributed by atoms with van der Waals surface area (Å²) < 4.78 is 5.91. The minimum absolute atomic E-state index is 0.0621. The topological polar surface area (TPSA) is 38.3 Å². The summed E-state index contributed by atoms with van der Waals surface area (Å²) in [5.41, 5.74) is 0.657. The molecule has 1 aromatic carbocycles. The van der Waals surface area contributed by atoms with Crippen LogP contribution in [0.5, 0.6) is 0 Å². The third-order valence-corrected chi connectivity index (χ3v) is 3.15. The average molecular weight is 300 g/mol. The number of hydrogen-bond acceptors (Lipinski definition) is 2. The Morgan fingerprint density at radius 1 is 1.47 bits per heavy atom. The highest BCUT2D eigenvalue weighted by Crippen LogP contribution is 2.15. The molecule has 0 saturated carbocycles. The van der Waals surface area contributed by atoms with Crippen LogP contribution < -0.4 is 5.32 Å². The molecule has 4 heteroatoms. The highest BCUT2D eigenvalue weighted by molar-refractivity contribution is 9.10. The van der Waals surface area contributed by atoms with Gasteiger partial charge in [-0.25, -0.2) is 0 Å². The van der Waals surface area contributed by atoms with Gasteiger partial charge in [0.15, 0.2) is 0 Å². The van der Waals surface area contributed by atoms with Crippen molar-refractivity contribution in [2.24, 2.45) is 0 Å². The Morgan fingerprint density at radius 3 is 2.76 bits per heavy atom. The molecule has 1 N–H and O–H groups in total. The first-order valence-corrected chi connectivity index (χ1v) is 6.52. The van der Waals surface area contributed by atoms with E-state index in [-0.39, 0.29) is 11.9 Å². The first-order valence-electron chi connectivity index (χ1n) is 5.73. The Labute approximate surface area is 111 Å². The van der Waals surface area contributed by atoms with Crippen molar-refractivity contribution < 1.29 is 9.53 Å². The number of amides is 1. The first-order chi connectivity index (χ1) is 8.19. The van der Waals surface area contributed by atoms with Crippen molar-refractivity contribution in [2.75, 3.05) is 13.7 Å². The number of benzene rings is 1. The van der Waals surface area contributed by atoms with Gasteiger partial charge in [0, 0.05) is 11.6 Å². The van der Waals surface area contributed by atoms with Crippen molar-refractivity contribution in [1.82, 2.24) is 5.32 Å². The molecule has 0 saturated heterocycles. The fourth-order valence-electron chi connectivity index (χ4n) is 1.66. The quantitative estimate of drug-likeness (QED) is 0.877. The molecule has 0 aliphatic rings. The van der Waals surface area contributed by atoms with Crippen LogP contribution in [0.2, 0.25) is 0 Å². The summed E-state index contributed by atoms with van der Waals surface area (Å²) in [4.78, 5) is 12.0. The molecular formula is C13H18BrNO2. The predicted octanol–water partition coefficient (Wildman–Crippen LogP) is 2.99. The highest BCUT2D eigenvalue weighted by Gasteiger charge is 2.14. The molecule has 0 bridgehead atoms. The zero-order valence-electron chi connectivity index (χ0n) is 10.2. The second kappa shape index (κ2) is 7.45. The SMILES string of the molecule is CCCC(COC)NC(=O)c1ccccc1Br. The van der Waals surface area contributed by atoms with Gasteiger partial charge in [0.25, 0.3) is 5.91 Å². The second-order valence-corrected chi connectivity index (χ2v) is 4.75. The molecule has 0 aromatic heterocycles. The molecule has 1 aromatic rings. The standard InChI is InChI=1S/C13H18BrNO2/c1-3-6-10(9-17-2)15-13(16)11-7-4-5-8-12(11)14/h4-5,7-8,10H,3,6,9H2,1-2H3,(H,15,16). The normalized spacial score (nSPS) is 12.2. The van der Waals surface area contributed by atoms with Gasteiger partial charge in [-0.3, -0.25) is 4.79 Å². The fourth-order valence-corrected chi connectivity index (χ4v) is 2.12. The van der Waals surface area contributed by atoms with Gasteiger partial charge in [-0.05, 0) is 34.5 Å². The second-order valence-electron chi connectivity index (χ2n) is 3.89. The molecule has 1 atom stereocenters. The first kappa shape index (κ1) is 14.2. The Kier molecular flexibility index (Phi) is 6.22. The minimum Gasteiger partial charge on any atom is -0.383 e. The summed E-state index contributed by atoms with van der Waals surface area (Å²) in [6.45, 7) is 2.64. The Bertz CT molecular complexity index is 362. The number of methoxy groups -OCH3 is 1. The van der Waals surface area contributed by atoms with Crippen LogP contribution in [-0.4, -0.2) is 25.7 Å². The van der Waals surface area contributed by atoms with E-state index in [0.717, 1.165) is 17.3 Å². The molecule has 1 rings (SSSR count). The number of nitrogens with one attached hydrogen (secondary N) is 1. The molecule has 0 aliphatic carbocycles. The van der Waals surface area contributed by atoms with E-state index in [1.54, 1.807) is 13.2 Å². The van der Waals surface area contributed by atoms with Crippen molar-refractivity contribution in [3.8, 4) is 0 Å². The van der Waals surface area contributed by atoms with E-state index in [2.05, 4.69) is 28.2 Å². The summed E-state index contributed by atoms with van der Waals surface area (Å²) in [6.07, 6.45) is 1.94. The number of carbonyl (C=O) groups is 1. The predicted molar refractivity (Wildman–Crippen MR) is 72.2 cm³/mol. The maximum atomic E-state index is 12.0. The lowest BCUT2D eigenvalue weighted by atomic mass is 10.1. The van der Waals surface area contributed by atoms with Crippen LogP contribution in [0, 0.1) is 0 Å². The molecule has 3 nitrogen and oxygen atoms in total. The lowest BCUT2D eigenvalue weighted by molar-refractivity contribution is 0.0891. The van der Waals surface area contributed by atoms with Crippen molar-refractivity contribution in [2.45, 2.75) is 25.8 Å². The summed E-state index contributed by atoms with van der Waals surface area (Å²) in [5, 5.41) is 2.98. The zero-order valence-corrected chi connectivity index (χ0v) is 11.8. The molecule has 94 valence electrons. The molecule has 0 fully saturated rings. The van der Waals surface area contributed by atoms with Crippen LogP contribution in [0.15, 0.2) is 28.7 Å². The van der Waals surface area contributed by atoms with Crippen LogP contribution in [0.1, 0.15) is 30.1 Å². The van der Waals surface area contributed by atoms with Gasteiger partial charge in [0.05, 0.1) is 18.2 Å². The van der Waals surface area contributed by atoms with E-state index < -0.39 is 0 Å². The summed E-state index contributed by atoms with van der Waals surface area (Å²) in [7, 11) is 1.65. The smallest absolute Gasteiger partial charge is 0.252 e. The summed E-state index contributed by atoms with van der Waals surface area (Å²) in [5.74, 6) is -0.0621. The Hall–Kier alpha value is -0.870. The third kappa shape index (κ3) is 4.48. The van der Waals surface area contributed by atoms with Gasteiger partial charge >= 0.3 is 0 Å². The van der Waals surface area contributed by atoms with E-state index >= 15 is 0 Å². The number of ether oxygens (including phenoxy) is 1. The van der Waals surface area contributed by atoms with Crippen LogP contribution in [0.4, 0.5) is 0 Å². The van der Waals surface area contributed by atoms with Gasteiger partial charge in [-0.15, -0.1) is 0 Å². The van der Waals surface area contributed by atoms with Crippen molar-refractivity contribution in [1.29, 1.82) is 0 Å². The van der Waals surface area contributed by atoms with Crippen LogP contribution in [0.25, 0.3) is 0 Å². The average Bonchev–Trinajstić information content (AvgIpc) is 2.30. The molecule has 0 spiro atoms. The summed E-state index contributed by atoms with van der Waals surface area (Å²) in [6, 6.07) is 7.48. The fraction of sp³-hybridized carbons (Fsp3) is 0.462. The van der Waals surface area contributed by atoms with E-state index in [1.165, 1.54) is 0 Å². The van der Waals surface area contributed by atoms with E-state index in [9.17, 15) is 4.79 Å². The zero-order chi connectivity index (χ0) is 12.7. The maximum Gasteiger partial charge on any atom is 0.252 e. The molecule has 0 heterocycles. The van der Waals surface area contributed by atoms with Crippen LogP contribution >= 0.6 is 15.9 Å². The third-order valence-electron chi connectivity index (χ3n) is 2.46. The van der Waals surface area contributed by atoms with Crippen molar-refractivity contribution in [3.05, 3.63) is 34.3 Å². The number of carbonyl (C=O) groups excluding carboxylic acids is 1. The van der Waals surface area contributed by atoms with Crippen LogP contribution in [-0.2, 0) is 4.74 Å².